The fourth-order valence-corrected chi connectivity index (χ4v) is 7.04. The van der Waals surface area contributed by atoms with E-state index in [0.29, 0.717) is 5.92 Å². The van der Waals surface area contributed by atoms with Crippen molar-refractivity contribution in [1.29, 1.82) is 0 Å². The molecular weight excluding hydrogens is 528 g/mol. The maximum Gasteiger partial charge on any atom is 0.0131 e. The van der Waals surface area contributed by atoms with Gasteiger partial charge in [0, 0.05) is 17.8 Å². The highest BCUT2D eigenvalue weighted by Crippen LogP contribution is 2.42. The van der Waals surface area contributed by atoms with Crippen LogP contribution in [-0.4, -0.2) is 0 Å². The quantitative estimate of drug-likeness (QED) is 0.167. The average Bonchev–Trinajstić information content (AvgIpc) is 3.08. The van der Waals surface area contributed by atoms with Gasteiger partial charge in [0.2, 0.25) is 0 Å². The highest BCUT2D eigenvalue weighted by atomic mass is 14.3. The number of hydrogen-bond donors (Lipinski definition) is 0. The highest BCUT2D eigenvalue weighted by molar-refractivity contribution is 6.02. The van der Waals surface area contributed by atoms with Crippen molar-refractivity contribution < 1.29 is 0 Å². The molecule has 0 aliphatic heterocycles. The van der Waals surface area contributed by atoms with Crippen molar-refractivity contribution >= 4 is 33.6 Å². The third-order valence-corrected chi connectivity index (χ3v) is 9.32. The summed E-state index contributed by atoms with van der Waals surface area (Å²) in [5, 5.41) is 4.94. The average molecular weight is 569 g/mol. The van der Waals surface area contributed by atoms with Gasteiger partial charge in [-0.1, -0.05) is 140 Å². The van der Waals surface area contributed by atoms with Gasteiger partial charge in [-0.3, -0.25) is 0 Å². The molecule has 4 aromatic carbocycles. The molecule has 0 saturated carbocycles. The summed E-state index contributed by atoms with van der Waals surface area (Å²) >= 11 is 0. The Labute approximate surface area is 262 Å². The van der Waals surface area contributed by atoms with Gasteiger partial charge in [0.25, 0.3) is 0 Å². The Balaban J connectivity index is 1.50. The van der Waals surface area contributed by atoms with E-state index in [9.17, 15) is 0 Å². The van der Waals surface area contributed by atoms with Gasteiger partial charge in [0.1, 0.15) is 0 Å². The summed E-state index contributed by atoms with van der Waals surface area (Å²) < 4.78 is 0. The molecule has 4 aromatic rings. The Hall–Kier alpha value is -4.94. The fourth-order valence-electron chi connectivity index (χ4n) is 7.04. The van der Waals surface area contributed by atoms with Gasteiger partial charge in [-0.25, -0.2) is 0 Å². The fraction of sp³-hybridized carbons (Fsp3) is 0.136. The van der Waals surface area contributed by atoms with Crippen LogP contribution in [-0.2, 0) is 0 Å². The summed E-state index contributed by atoms with van der Waals surface area (Å²) in [6, 6.07) is 30.9. The molecule has 0 heteroatoms. The molecule has 44 heavy (non-hydrogen) atoms. The standard InChI is InChI=1S/C44H40/c1-6-10-15-31-20-22-33(23-21-31)35-26-24-34-25-27-36(29-37(34)28-35)44-39(9-4)38(8-3)43(41-18-13-14-19-42(41)44)30(5)40-17-12-11-16-32(40)7-2/h6-9,11-14,16-22,24-29,33,38-39H,1-5,10,15,23H2. The highest BCUT2D eigenvalue weighted by Gasteiger charge is 2.31. The van der Waals surface area contributed by atoms with Crippen LogP contribution >= 0.6 is 0 Å². The van der Waals surface area contributed by atoms with Crippen molar-refractivity contribution in [3.8, 4) is 0 Å². The van der Waals surface area contributed by atoms with Crippen LogP contribution < -0.4 is 10.4 Å². The first-order valence-electron chi connectivity index (χ1n) is 15.6. The molecule has 0 saturated heterocycles. The minimum absolute atomic E-state index is 0.0271. The molecule has 6 rings (SSSR count). The molecule has 3 atom stereocenters. The van der Waals surface area contributed by atoms with Gasteiger partial charge in [0.05, 0.1) is 0 Å². The molecule has 0 bridgehead atoms. The summed E-state index contributed by atoms with van der Waals surface area (Å²) in [6.07, 6.45) is 18.3. The van der Waals surface area contributed by atoms with E-state index in [2.05, 4.69) is 142 Å². The monoisotopic (exact) mass is 568 g/mol. The van der Waals surface area contributed by atoms with E-state index in [0.717, 1.165) is 36.0 Å². The van der Waals surface area contributed by atoms with Crippen molar-refractivity contribution in [2.24, 2.45) is 11.8 Å². The first kappa shape index (κ1) is 29.1. The third-order valence-electron chi connectivity index (χ3n) is 9.32. The molecule has 2 aliphatic carbocycles. The van der Waals surface area contributed by atoms with Crippen LogP contribution in [0.2, 0.25) is 0 Å². The van der Waals surface area contributed by atoms with Gasteiger partial charge < -0.3 is 0 Å². The smallest absolute Gasteiger partial charge is 0.0131 e. The van der Waals surface area contributed by atoms with E-state index in [1.807, 2.05) is 18.2 Å². The van der Waals surface area contributed by atoms with Gasteiger partial charge in [-0.2, -0.15) is 0 Å². The largest absolute Gasteiger partial charge is 0.103 e. The molecular formula is C44H40. The second-order valence-electron chi connectivity index (χ2n) is 11.8. The minimum atomic E-state index is 0.0271. The zero-order valence-corrected chi connectivity index (χ0v) is 25.5. The predicted molar refractivity (Wildman–Crippen MR) is 193 cm³/mol. The molecule has 0 amide bonds. The van der Waals surface area contributed by atoms with Gasteiger partial charge in [-0.05, 0) is 85.5 Å². The number of rotatable bonds is 10. The predicted octanol–water partition coefficient (Wildman–Crippen LogP) is 10.1. The van der Waals surface area contributed by atoms with Crippen LogP contribution in [0.5, 0.6) is 0 Å². The molecule has 0 fully saturated rings. The molecule has 2 aliphatic rings. The van der Waals surface area contributed by atoms with Crippen LogP contribution in [0.4, 0.5) is 0 Å². The van der Waals surface area contributed by atoms with Crippen LogP contribution in [0, 0.1) is 11.8 Å². The molecule has 216 valence electrons. The first-order chi connectivity index (χ1) is 21.6. The van der Waals surface area contributed by atoms with E-state index in [-0.39, 0.29) is 11.8 Å². The Morgan fingerprint density at radius 2 is 1.52 bits per heavy atom. The van der Waals surface area contributed by atoms with E-state index in [1.54, 1.807) is 0 Å². The van der Waals surface area contributed by atoms with Gasteiger partial charge in [-0.15, -0.1) is 19.7 Å². The lowest BCUT2D eigenvalue weighted by Crippen LogP contribution is -2.39. The van der Waals surface area contributed by atoms with Crippen molar-refractivity contribution in [2.45, 2.75) is 25.2 Å². The van der Waals surface area contributed by atoms with Crippen LogP contribution in [0.1, 0.15) is 47.4 Å². The second-order valence-corrected chi connectivity index (χ2v) is 11.8. The lowest BCUT2D eigenvalue weighted by Gasteiger charge is -2.33. The normalized spacial score (nSPS) is 19.2. The summed E-state index contributed by atoms with van der Waals surface area (Å²) in [7, 11) is 0. The first-order valence-corrected chi connectivity index (χ1v) is 15.6. The maximum atomic E-state index is 4.64. The zero-order chi connectivity index (χ0) is 30.6. The topological polar surface area (TPSA) is 0 Å². The van der Waals surface area contributed by atoms with Crippen LogP contribution in [0.25, 0.3) is 33.6 Å². The van der Waals surface area contributed by atoms with Crippen molar-refractivity contribution in [2.75, 3.05) is 0 Å². The van der Waals surface area contributed by atoms with Crippen molar-refractivity contribution in [3.63, 3.8) is 0 Å². The molecule has 0 radical (unpaired) electrons. The molecule has 0 nitrogen and oxygen atoms in total. The molecule has 0 aromatic heterocycles. The minimum Gasteiger partial charge on any atom is -0.103 e. The van der Waals surface area contributed by atoms with E-state index in [1.165, 1.54) is 49.1 Å². The number of allylic oxidation sites excluding steroid dienone is 8. The molecule has 0 spiro atoms. The van der Waals surface area contributed by atoms with E-state index < -0.39 is 0 Å². The van der Waals surface area contributed by atoms with E-state index >= 15 is 0 Å². The number of fused-ring (bicyclic) bond motifs is 2. The second kappa shape index (κ2) is 12.7. The Kier molecular flexibility index (Phi) is 8.44. The van der Waals surface area contributed by atoms with Crippen LogP contribution in [0.15, 0.2) is 160 Å². The SMILES string of the molecule is C=CCCC1=CCC(c2ccc3ccc(C4=c5ccccc5=C(C(=C)c5ccccc5C=C)C(C=C)C4C=C)cc3c2)C=C1. The lowest BCUT2D eigenvalue weighted by molar-refractivity contribution is 0.702. The summed E-state index contributed by atoms with van der Waals surface area (Å²) in [6.45, 7) is 21.2. The molecule has 0 heterocycles. The van der Waals surface area contributed by atoms with Crippen molar-refractivity contribution in [1.82, 2.24) is 0 Å². The van der Waals surface area contributed by atoms with Gasteiger partial charge >= 0.3 is 0 Å². The number of hydrogen-bond acceptors (Lipinski definition) is 0. The lowest BCUT2D eigenvalue weighted by atomic mass is 9.70. The summed E-state index contributed by atoms with van der Waals surface area (Å²) in [5.41, 5.74) is 9.67. The number of benzene rings is 4. The maximum absolute atomic E-state index is 4.64. The van der Waals surface area contributed by atoms with E-state index in [4.69, 9.17) is 0 Å². The third kappa shape index (κ3) is 5.33. The summed E-state index contributed by atoms with van der Waals surface area (Å²) in [4.78, 5) is 0. The Morgan fingerprint density at radius 1 is 0.773 bits per heavy atom. The zero-order valence-electron chi connectivity index (χ0n) is 25.5. The molecule has 0 N–H and O–H groups in total. The Bertz CT molecular complexity index is 1990. The van der Waals surface area contributed by atoms with Gasteiger partial charge in [0.15, 0.2) is 0 Å². The Morgan fingerprint density at radius 3 is 2.25 bits per heavy atom. The van der Waals surface area contributed by atoms with Crippen LogP contribution in [0.3, 0.4) is 0 Å². The van der Waals surface area contributed by atoms with Crippen molar-refractivity contribution in [3.05, 3.63) is 193 Å². The molecule has 3 unspecified atom stereocenters. The summed E-state index contributed by atoms with van der Waals surface area (Å²) in [5.74, 6) is 0.469.